The maximum Gasteiger partial charge on any atom is 0.139 e. The largest absolute Gasteiger partial charge is 0.393 e. The third kappa shape index (κ3) is 3.59. The minimum Gasteiger partial charge on any atom is -0.393 e. The smallest absolute Gasteiger partial charge is 0.139 e. The fourth-order valence-corrected chi connectivity index (χ4v) is 1.37. The predicted molar refractivity (Wildman–Crippen MR) is 50.4 cm³/mol. The Balaban J connectivity index is 2.40. The number of nitrogens with zero attached hydrogens (tertiary/aromatic N) is 1. The fourth-order valence-electron chi connectivity index (χ4n) is 1.37. The Morgan fingerprint density at radius 3 is 2.69 bits per heavy atom. The van der Waals surface area contributed by atoms with Crippen molar-refractivity contribution >= 4 is 0 Å². The highest BCUT2D eigenvalue weighted by atomic mass is 16.5. The lowest BCUT2D eigenvalue weighted by Gasteiger charge is -2.10. The zero-order valence-electron chi connectivity index (χ0n) is 8.45. The molecule has 0 amide bonds. The zero-order chi connectivity index (χ0) is 9.84. The average molecular weight is 183 g/mol. The molecule has 0 aliphatic rings. The van der Waals surface area contributed by atoms with Crippen molar-refractivity contribution in [2.75, 3.05) is 0 Å². The van der Waals surface area contributed by atoms with E-state index in [1.165, 1.54) is 0 Å². The summed E-state index contributed by atoms with van der Waals surface area (Å²) in [5.41, 5.74) is 0.867. The summed E-state index contributed by atoms with van der Waals surface area (Å²) < 4.78 is 5.01. The number of hydrogen-bond donors (Lipinski definition) is 1. The SMILES string of the molecule is Cc1cc(CC(O)CC(C)C)on1. The maximum absolute atomic E-state index is 9.59. The topological polar surface area (TPSA) is 46.3 Å². The normalized spacial score (nSPS) is 13.6. The van der Waals surface area contributed by atoms with Gasteiger partial charge in [-0.1, -0.05) is 19.0 Å². The summed E-state index contributed by atoms with van der Waals surface area (Å²) in [6, 6.07) is 1.86. The first kappa shape index (κ1) is 10.3. The van der Waals surface area contributed by atoms with Crippen molar-refractivity contribution in [3.8, 4) is 0 Å². The van der Waals surface area contributed by atoms with Crippen LogP contribution in [0, 0.1) is 12.8 Å². The van der Waals surface area contributed by atoms with E-state index in [1.54, 1.807) is 0 Å². The number of aryl methyl sites for hydroxylation is 1. The van der Waals surface area contributed by atoms with Crippen LogP contribution in [0.3, 0.4) is 0 Å². The van der Waals surface area contributed by atoms with Crippen LogP contribution in [-0.4, -0.2) is 16.4 Å². The van der Waals surface area contributed by atoms with Gasteiger partial charge in [-0.2, -0.15) is 0 Å². The first-order valence-electron chi connectivity index (χ1n) is 4.68. The standard InChI is InChI=1S/C10H17NO2/c1-7(2)4-9(12)6-10-5-8(3)11-13-10/h5,7,9,12H,4,6H2,1-3H3. The molecule has 0 aliphatic carbocycles. The molecular formula is C10H17NO2. The van der Waals surface area contributed by atoms with Gasteiger partial charge >= 0.3 is 0 Å². The van der Waals surface area contributed by atoms with Crippen molar-refractivity contribution in [3.63, 3.8) is 0 Å². The van der Waals surface area contributed by atoms with Crippen LogP contribution < -0.4 is 0 Å². The van der Waals surface area contributed by atoms with E-state index in [-0.39, 0.29) is 6.10 Å². The molecule has 1 aromatic rings. The van der Waals surface area contributed by atoms with Crippen LogP contribution in [-0.2, 0) is 6.42 Å². The third-order valence-electron chi connectivity index (χ3n) is 1.86. The summed E-state index contributed by atoms with van der Waals surface area (Å²) >= 11 is 0. The molecule has 1 atom stereocenters. The molecule has 13 heavy (non-hydrogen) atoms. The minimum absolute atomic E-state index is 0.313. The Labute approximate surface area is 78.7 Å². The molecular weight excluding hydrogens is 166 g/mol. The van der Waals surface area contributed by atoms with E-state index in [0.717, 1.165) is 17.9 Å². The highest BCUT2D eigenvalue weighted by Crippen LogP contribution is 2.11. The lowest BCUT2D eigenvalue weighted by atomic mass is 10.0. The maximum atomic E-state index is 9.59. The van der Waals surface area contributed by atoms with E-state index in [0.29, 0.717) is 12.3 Å². The fraction of sp³-hybridized carbons (Fsp3) is 0.700. The average Bonchev–Trinajstić information content (AvgIpc) is 2.33. The molecule has 0 aromatic carbocycles. The van der Waals surface area contributed by atoms with Gasteiger partial charge < -0.3 is 9.63 Å². The van der Waals surface area contributed by atoms with Crippen molar-refractivity contribution in [3.05, 3.63) is 17.5 Å². The lowest BCUT2D eigenvalue weighted by Crippen LogP contribution is -2.12. The molecule has 0 spiro atoms. The first-order chi connectivity index (χ1) is 6.08. The van der Waals surface area contributed by atoms with Crippen LogP contribution in [0.5, 0.6) is 0 Å². The minimum atomic E-state index is -0.313. The number of aliphatic hydroxyl groups is 1. The molecule has 1 heterocycles. The molecule has 3 nitrogen and oxygen atoms in total. The van der Waals surface area contributed by atoms with Crippen LogP contribution >= 0.6 is 0 Å². The van der Waals surface area contributed by atoms with Crippen LogP contribution in [0.15, 0.2) is 10.6 Å². The van der Waals surface area contributed by atoms with Crippen LogP contribution in [0.25, 0.3) is 0 Å². The second kappa shape index (κ2) is 4.42. The van der Waals surface area contributed by atoms with E-state index in [1.807, 2.05) is 13.0 Å². The molecule has 0 radical (unpaired) electrons. The second-order valence-electron chi connectivity index (χ2n) is 3.92. The predicted octanol–water partition coefficient (Wildman–Crippen LogP) is 1.93. The third-order valence-corrected chi connectivity index (χ3v) is 1.86. The molecule has 1 aromatic heterocycles. The van der Waals surface area contributed by atoms with Crippen LogP contribution in [0.4, 0.5) is 0 Å². The molecule has 0 bridgehead atoms. The first-order valence-corrected chi connectivity index (χ1v) is 4.68. The monoisotopic (exact) mass is 183 g/mol. The van der Waals surface area contributed by atoms with E-state index < -0.39 is 0 Å². The summed E-state index contributed by atoms with van der Waals surface area (Å²) in [6.45, 7) is 6.06. The molecule has 1 rings (SSSR count). The van der Waals surface area contributed by atoms with Crippen molar-refractivity contribution in [1.82, 2.24) is 5.16 Å². The number of rotatable bonds is 4. The van der Waals surface area contributed by atoms with E-state index in [4.69, 9.17) is 4.52 Å². The summed E-state index contributed by atoms with van der Waals surface area (Å²) in [5, 5.41) is 13.4. The Hall–Kier alpha value is -0.830. The van der Waals surface area contributed by atoms with Gasteiger partial charge in [-0.3, -0.25) is 0 Å². The molecule has 0 aliphatic heterocycles. The molecule has 1 unspecified atom stereocenters. The zero-order valence-corrected chi connectivity index (χ0v) is 8.45. The number of aliphatic hydroxyl groups excluding tert-OH is 1. The van der Waals surface area contributed by atoms with Crippen LogP contribution in [0.1, 0.15) is 31.7 Å². The Morgan fingerprint density at radius 1 is 1.54 bits per heavy atom. The molecule has 1 N–H and O–H groups in total. The van der Waals surface area contributed by atoms with Crippen molar-refractivity contribution in [2.24, 2.45) is 5.92 Å². The Bertz CT molecular complexity index is 255. The van der Waals surface area contributed by atoms with E-state index >= 15 is 0 Å². The summed E-state index contributed by atoms with van der Waals surface area (Å²) in [7, 11) is 0. The van der Waals surface area contributed by atoms with Crippen molar-refractivity contribution in [2.45, 2.75) is 39.7 Å². The highest BCUT2D eigenvalue weighted by molar-refractivity contribution is 5.03. The lowest BCUT2D eigenvalue weighted by molar-refractivity contribution is 0.140. The molecule has 0 saturated heterocycles. The molecule has 74 valence electrons. The molecule has 0 saturated carbocycles. The van der Waals surface area contributed by atoms with Gasteiger partial charge in [0.15, 0.2) is 0 Å². The number of hydrogen-bond acceptors (Lipinski definition) is 3. The quantitative estimate of drug-likeness (QED) is 0.775. The van der Waals surface area contributed by atoms with E-state index in [2.05, 4.69) is 19.0 Å². The molecule has 0 fully saturated rings. The van der Waals surface area contributed by atoms with Gasteiger partial charge in [-0.25, -0.2) is 0 Å². The van der Waals surface area contributed by atoms with E-state index in [9.17, 15) is 5.11 Å². The Kier molecular flexibility index (Phi) is 3.48. The van der Waals surface area contributed by atoms with Crippen molar-refractivity contribution < 1.29 is 9.63 Å². The molecule has 3 heteroatoms. The van der Waals surface area contributed by atoms with Crippen LogP contribution in [0.2, 0.25) is 0 Å². The summed E-state index contributed by atoms with van der Waals surface area (Å²) in [4.78, 5) is 0. The van der Waals surface area contributed by atoms with Gasteiger partial charge in [0.05, 0.1) is 11.8 Å². The highest BCUT2D eigenvalue weighted by Gasteiger charge is 2.10. The summed E-state index contributed by atoms with van der Waals surface area (Å²) in [6.07, 6.45) is 1.06. The van der Waals surface area contributed by atoms with Gasteiger partial charge in [0.25, 0.3) is 0 Å². The number of aromatic nitrogens is 1. The van der Waals surface area contributed by atoms with Gasteiger partial charge in [-0.05, 0) is 19.3 Å². The Morgan fingerprint density at radius 2 is 2.23 bits per heavy atom. The van der Waals surface area contributed by atoms with Crippen molar-refractivity contribution in [1.29, 1.82) is 0 Å². The second-order valence-corrected chi connectivity index (χ2v) is 3.92. The van der Waals surface area contributed by atoms with Gasteiger partial charge in [0, 0.05) is 12.5 Å². The van der Waals surface area contributed by atoms with Gasteiger partial charge in [0.1, 0.15) is 5.76 Å². The van der Waals surface area contributed by atoms with Gasteiger partial charge in [-0.15, -0.1) is 0 Å². The van der Waals surface area contributed by atoms with Gasteiger partial charge in [0.2, 0.25) is 0 Å². The summed E-state index contributed by atoms with van der Waals surface area (Å²) in [5.74, 6) is 1.28.